The van der Waals surface area contributed by atoms with Crippen molar-refractivity contribution in [3.8, 4) is 11.5 Å². The largest absolute Gasteiger partial charge is 0.495 e. The molecule has 0 radical (unpaired) electrons. The monoisotopic (exact) mass is 436 g/mol. The minimum absolute atomic E-state index is 0.157. The minimum atomic E-state index is -0.305. The van der Waals surface area contributed by atoms with E-state index in [9.17, 15) is 4.39 Å². The third-order valence-corrected chi connectivity index (χ3v) is 5.89. The van der Waals surface area contributed by atoms with E-state index in [1.807, 2.05) is 12.1 Å². The number of hydrogen-bond donors (Lipinski definition) is 0. The molecule has 4 nitrogen and oxygen atoms in total. The molecular formula is C21H26BrFN2O2. The van der Waals surface area contributed by atoms with Crippen molar-refractivity contribution in [1.29, 1.82) is 0 Å². The second-order valence-electron chi connectivity index (χ2n) is 6.77. The Hall–Kier alpha value is -1.79. The Bertz CT molecular complexity index is 787. The summed E-state index contributed by atoms with van der Waals surface area (Å²) in [7, 11) is 3.17. The van der Waals surface area contributed by atoms with Gasteiger partial charge in [0.25, 0.3) is 0 Å². The number of methoxy groups -OCH3 is 2. The summed E-state index contributed by atoms with van der Waals surface area (Å²) in [6.45, 7) is 5.96. The fourth-order valence-corrected chi connectivity index (χ4v) is 3.99. The first-order valence-electron chi connectivity index (χ1n) is 9.19. The van der Waals surface area contributed by atoms with Crippen molar-refractivity contribution < 1.29 is 13.9 Å². The van der Waals surface area contributed by atoms with E-state index in [0.29, 0.717) is 0 Å². The fraction of sp³-hybridized carbons (Fsp3) is 0.429. The molecule has 6 heteroatoms. The first-order chi connectivity index (χ1) is 13.0. The van der Waals surface area contributed by atoms with Gasteiger partial charge in [0.05, 0.1) is 18.7 Å². The molecule has 1 aliphatic rings. The van der Waals surface area contributed by atoms with Gasteiger partial charge < -0.3 is 14.4 Å². The van der Waals surface area contributed by atoms with Crippen molar-refractivity contribution in [2.24, 2.45) is 0 Å². The van der Waals surface area contributed by atoms with Crippen molar-refractivity contribution in [2.75, 3.05) is 45.3 Å². The fourth-order valence-electron chi connectivity index (χ4n) is 3.58. The Labute approximate surface area is 169 Å². The molecule has 1 heterocycles. The Morgan fingerprint density at radius 3 is 2.44 bits per heavy atom. The highest BCUT2D eigenvalue weighted by molar-refractivity contribution is 9.10. The van der Waals surface area contributed by atoms with Crippen LogP contribution < -0.4 is 14.4 Å². The number of hydrogen-bond acceptors (Lipinski definition) is 4. The van der Waals surface area contributed by atoms with Crippen LogP contribution in [0.5, 0.6) is 11.5 Å². The number of rotatable bonds is 5. The smallest absolute Gasteiger partial charge is 0.165 e. The lowest BCUT2D eigenvalue weighted by molar-refractivity contribution is 0.225. The average Bonchev–Trinajstić information content (AvgIpc) is 2.94. The maximum Gasteiger partial charge on any atom is 0.165 e. The predicted octanol–water partition coefficient (Wildman–Crippen LogP) is 4.88. The SMILES string of the molecule is COc1ccc(C(C)N2CCCN(c3ccc(Br)c(OC)c3)CC2)cc1F. The van der Waals surface area contributed by atoms with Crippen molar-refractivity contribution in [3.05, 3.63) is 52.3 Å². The van der Waals surface area contributed by atoms with Gasteiger partial charge in [0.15, 0.2) is 11.6 Å². The standard InChI is InChI=1S/C21H26BrFN2O2/c1-15(16-5-8-20(26-2)19(23)13-16)24-9-4-10-25(12-11-24)17-6-7-18(22)21(14-17)27-3/h5-8,13-15H,4,9-12H2,1-3H3. The molecule has 27 heavy (non-hydrogen) atoms. The molecule has 0 N–H and O–H groups in total. The molecule has 0 spiro atoms. The van der Waals surface area contributed by atoms with Gasteiger partial charge in [-0.3, -0.25) is 4.90 Å². The molecule has 1 aliphatic heterocycles. The van der Waals surface area contributed by atoms with Crippen LogP contribution in [0.2, 0.25) is 0 Å². The highest BCUT2D eigenvalue weighted by Gasteiger charge is 2.21. The third kappa shape index (κ3) is 4.55. The van der Waals surface area contributed by atoms with Gasteiger partial charge >= 0.3 is 0 Å². The molecule has 1 saturated heterocycles. The van der Waals surface area contributed by atoms with Crippen LogP contribution in [-0.4, -0.2) is 45.3 Å². The summed E-state index contributed by atoms with van der Waals surface area (Å²) in [5, 5.41) is 0. The molecular weight excluding hydrogens is 411 g/mol. The first kappa shape index (κ1) is 20.0. The highest BCUT2D eigenvalue weighted by atomic mass is 79.9. The summed E-state index contributed by atoms with van der Waals surface area (Å²) in [6, 6.07) is 11.6. The Morgan fingerprint density at radius 2 is 1.74 bits per heavy atom. The van der Waals surface area contributed by atoms with Gasteiger partial charge in [-0.15, -0.1) is 0 Å². The van der Waals surface area contributed by atoms with Gasteiger partial charge in [0, 0.05) is 44.0 Å². The summed E-state index contributed by atoms with van der Waals surface area (Å²) in [5.74, 6) is 0.827. The van der Waals surface area contributed by atoms with E-state index in [1.165, 1.54) is 12.8 Å². The molecule has 0 saturated carbocycles. The number of nitrogens with zero attached hydrogens (tertiary/aromatic N) is 2. The summed E-state index contributed by atoms with van der Waals surface area (Å²) < 4.78 is 25.5. The lowest BCUT2D eigenvalue weighted by Crippen LogP contribution is -2.32. The van der Waals surface area contributed by atoms with E-state index in [2.05, 4.69) is 44.8 Å². The summed E-state index contributed by atoms with van der Waals surface area (Å²) in [4.78, 5) is 4.80. The predicted molar refractivity (Wildman–Crippen MR) is 110 cm³/mol. The van der Waals surface area contributed by atoms with Crippen molar-refractivity contribution in [3.63, 3.8) is 0 Å². The van der Waals surface area contributed by atoms with Crippen LogP contribution in [0.3, 0.4) is 0 Å². The molecule has 146 valence electrons. The number of ether oxygens (including phenoxy) is 2. The molecule has 0 aromatic heterocycles. The van der Waals surface area contributed by atoms with Gasteiger partial charge in [-0.1, -0.05) is 6.07 Å². The van der Waals surface area contributed by atoms with Crippen molar-refractivity contribution in [2.45, 2.75) is 19.4 Å². The van der Waals surface area contributed by atoms with Crippen LogP contribution in [0, 0.1) is 5.82 Å². The van der Waals surface area contributed by atoms with Gasteiger partial charge in [-0.05, 0) is 59.1 Å². The van der Waals surface area contributed by atoms with Crippen LogP contribution in [0.4, 0.5) is 10.1 Å². The van der Waals surface area contributed by atoms with Crippen LogP contribution in [0.15, 0.2) is 40.9 Å². The van der Waals surface area contributed by atoms with E-state index in [0.717, 1.165) is 48.4 Å². The molecule has 1 fully saturated rings. The molecule has 1 unspecified atom stereocenters. The van der Waals surface area contributed by atoms with Crippen molar-refractivity contribution in [1.82, 2.24) is 4.90 Å². The first-order valence-corrected chi connectivity index (χ1v) is 9.98. The minimum Gasteiger partial charge on any atom is -0.495 e. The highest BCUT2D eigenvalue weighted by Crippen LogP contribution is 2.31. The zero-order chi connectivity index (χ0) is 19.4. The third-order valence-electron chi connectivity index (χ3n) is 5.24. The zero-order valence-electron chi connectivity index (χ0n) is 16.0. The van der Waals surface area contributed by atoms with Crippen LogP contribution in [0.25, 0.3) is 0 Å². The molecule has 3 rings (SSSR count). The number of benzene rings is 2. The maximum atomic E-state index is 14.1. The van der Waals surface area contributed by atoms with Crippen LogP contribution in [0.1, 0.15) is 24.9 Å². The Kier molecular flexibility index (Phi) is 6.60. The second kappa shape index (κ2) is 8.93. The van der Waals surface area contributed by atoms with E-state index in [1.54, 1.807) is 19.2 Å². The lowest BCUT2D eigenvalue weighted by atomic mass is 10.1. The molecule has 0 bridgehead atoms. The molecule has 0 aliphatic carbocycles. The quantitative estimate of drug-likeness (QED) is 0.666. The number of halogens is 2. The summed E-state index contributed by atoms with van der Waals surface area (Å²) in [6.07, 6.45) is 1.06. The zero-order valence-corrected chi connectivity index (χ0v) is 17.6. The van der Waals surface area contributed by atoms with Gasteiger partial charge in [0.2, 0.25) is 0 Å². The Balaban J connectivity index is 1.70. The molecule has 1 atom stereocenters. The summed E-state index contributed by atoms with van der Waals surface area (Å²) >= 11 is 3.51. The summed E-state index contributed by atoms with van der Waals surface area (Å²) in [5.41, 5.74) is 2.15. The molecule has 0 amide bonds. The topological polar surface area (TPSA) is 24.9 Å². The van der Waals surface area contributed by atoms with E-state index >= 15 is 0 Å². The molecule has 2 aromatic carbocycles. The number of anilines is 1. The van der Waals surface area contributed by atoms with E-state index < -0.39 is 0 Å². The van der Waals surface area contributed by atoms with E-state index in [4.69, 9.17) is 9.47 Å². The maximum absolute atomic E-state index is 14.1. The van der Waals surface area contributed by atoms with Gasteiger partial charge in [-0.2, -0.15) is 0 Å². The van der Waals surface area contributed by atoms with Gasteiger partial charge in [-0.25, -0.2) is 4.39 Å². The normalized spacial score (nSPS) is 16.7. The Morgan fingerprint density at radius 1 is 0.963 bits per heavy atom. The lowest BCUT2D eigenvalue weighted by Gasteiger charge is -2.29. The van der Waals surface area contributed by atoms with Gasteiger partial charge in [0.1, 0.15) is 5.75 Å². The van der Waals surface area contributed by atoms with Crippen LogP contribution in [-0.2, 0) is 0 Å². The van der Waals surface area contributed by atoms with E-state index in [-0.39, 0.29) is 17.6 Å². The van der Waals surface area contributed by atoms with Crippen molar-refractivity contribution >= 4 is 21.6 Å². The average molecular weight is 437 g/mol. The van der Waals surface area contributed by atoms with Crippen LogP contribution >= 0.6 is 15.9 Å². The second-order valence-corrected chi connectivity index (χ2v) is 7.62. The molecule has 2 aromatic rings.